The van der Waals surface area contributed by atoms with Gasteiger partial charge in [-0.25, -0.2) is 9.66 Å². The van der Waals surface area contributed by atoms with Gasteiger partial charge in [0.05, 0.1) is 5.69 Å². The molecule has 8 heteroatoms. The van der Waals surface area contributed by atoms with Gasteiger partial charge in [0.15, 0.2) is 0 Å². The van der Waals surface area contributed by atoms with Crippen molar-refractivity contribution in [1.82, 2.24) is 19.9 Å². The molecule has 3 amide bonds. The molecule has 4 heterocycles. The predicted molar refractivity (Wildman–Crippen MR) is 95.8 cm³/mol. The molecule has 1 N–H and O–H groups in total. The first-order valence-electron chi connectivity index (χ1n) is 9.19. The largest absolute Gasteiger partial charge is 0.322 e. The number of piperidine rings is 1. The van der Waals surface area contributed by atoms with Crippen molar-refractivity contribution in [3.8, 4) is 0 Å². The molecule has 138 valence electrons. The smallest absolute Gasteiger partial charge is 0.255 e. The Morgan fingerprint density at radius 3 is 2.89 bits per heavy atom. The second kappa shape index (κ2) is 5.94. The lowest BCUT2D eigenvalue weighted by Gasteiger charge is -2.31. The molecule has 1 aromatic heterocycles. The summed E-state index contributed by atoms with van der Waals surface area (Å²) in [6, 6.07) is 5.22. The quantitative estimate of drug-likeness (QED) is 0.798. The summed E-state index contributed by atoms with van der Waals surface area (Å²) in [5, 5.41) is 4.49. The average Bonchev–Trinajstić information content (AvgIpc) is 3.26. The third kappa shape index (κ3) is 2.51. The molecule has 0 saturated carbocycles. The monoisotopic (exact) mass is 365 g/mol. The number of nitrogens with one attached hydrogen (secondary N) is 1. The second-order valence-corrected chi connectivity index (χ2v) is 7.16. The van der Waals surface area contributed by atoms with Gasteiger partial charge in [0.1, 0.15) is 11.9 Å². The third-order valence-electron chi connectivity index (χ3n) is 5.53. The van der Waals surface area contributed by atoms with Crippen LogP contribution in [-0.2, 0) is 22.6 Å². The normalized spacial score (nSPS) is 21.9. The molecule has 0 aliphatic carbocycles. The van der Waals surface area contributed by atoms with Gasteiger partial charge in [-0.15, -0.1) is 0 Å². The van der Waals surface area contributed by atoms with Crippen molar-refractivity contribution < 1.29 is 14.4 Å². The molecule has 1 atom stereocenters. The van der Waals surface area contributed by atoms with E-state index in [1.165, 1.54) is 0 Å². The van der Waals surface area contributed by atoms with E-state index in [0.717, 1.165) is 36.5 Å². The SMILES string of the molecule is O=C1CCC(N2Cc3cc(N4CCCc5nccn54)ccc3C2=O)C(=O)N1. The lowest BCUT2D eigenvalue weighted by atomic mass is 10.0. The number of amides is 3. The Morgan fingerprint density at radius 2 is 2.04 bits per heavy atom. The minimum atomic E-state index is -0.582. The summed E-state index contributed by atoms with van der Waals surface area (Å²) in [5.74, 6) is 0.228. The van der Waals surface area contributed by atoms with Crippen LogP contribution in [0.25, 0.3) is 0 Å². The molecule has 1 unspecified atom stereocenters. The number of carbonyl (C=O) groups is 3. The van der Waals surface area contributed by atoms with E-state index in [1.807, 2.05) is 24.4 Å². The molecule has 1 saturated heterocycles. The lowest BCUT2D eigenvalue weighted by molar-refractivity contribution is -0.136. The molecule has 8 nitrogen and oxygen atoms in total. The highest BCUT2D eigenvalue weighted by atomic mass is 16.2. The van der Waals surface area contributed by atoms with E-state index in [-0.39, 0.29) is 24.1 Å². The van der Waals surface area contributed by atoms with Crippen molar-refractivity contribution in [2.24, 2.45) is 0 Å². The number of rotatable bonds is 2. The number of benzene rings is 1. The highest BCUT2D eigenvalue weighted by Gasteiger charge is 2.39. The molecule has 0 bridgehead atoms. The highest BCUT2D eigenvalue weighted by Crippen LogP contribution is 2.31. The Balaban J connectivity index is 1.43. The van der Waals surface area contributed by atoms with Gasteiger partial charge in [-0.3, -0.25) is 24.7 Å². The Hall–Kier alpha value is -3.16. The van der Waals surface area contributed by atoms with Crippen LogP contribution in [0.2, 0.25) is 0 Å². The molecule has 5 rings (SSSR count). The van der Waals surface area contributed by atoms with E-state index in [0.29, 0.717) is 18.5 Å². The Labute approximate surface area is 155 Å². The standard InChI is InChI=1S/C19H19N5O3/c25-17-6-5-15(18(26)21-17)22-11-12-10-13(3-4-14(12)19(22)27)23-8-1-2-16-20-7-9-24(16)23/h3-4,7,9-10,15H,1-2,5-6,8,11H2,(H,21,25,26). The van der Waals surface area contributed by atoms with Crippen LogP contribution in [0, 0.1) is 0 Å². The van der Waals surface area contributed by atoms with Crippen LogP contribution in [0.4, 0.5) is 5.69 Å². The molecular weight excluding hydrogens is 346 g/mol. The fourth-order valence-corrected chi connectivity index (χ4v) is 4.20. The van der Waals surface area contributed by atoms with Gasteiger partial charge < -0.3 is 4.90 Å². The first-order chi connectivity index (χ1) is 13.1. The van der Waals surface area contributed by atoms with E-state index >= 15 is 0 Å². The summed E-state index contributed by atoms with van der Waals surface area (Å²) in [7, 11) is 0. The minimum Gasteiger partial charge on any atom is -0.322 e. The lowest BCUT2D eigenvalue weighted by Crippen LogP contribution is -2.52. The third-order valence-corrected chi connectivity index (χ3v) is 5.53. The number of anilines is 1. The molecule has 3 aliphatic rings. The van der Waals surface area contributed by atoms with Crippen LogP contribution in [0.1, 0.15) is 41.0 Å². The first-order valence-corrected chi connectivity index (χ1v) is 9.19. The van der Waals surface area contributed by atoms with E-state index in [1.54, 1.807) is 11.1 Å². The van der Waals surface area contributed by atoms with Crippen LogP contribution in [0.3, 0.4) is 0 Å². The van der Waals surface area contributed by atoms with Gasteiger partial charge in [-0.05, 0) is 36.6 Å². The van der Waals surface area contributed by atoms with E-state index in [2.05, 4.69) is 20.0 Å². The summed E-state index contributed by atoms with van der Waals surface area (Å²) < 4.78 is 2.06. The molecule has 1 aromatic carbocycles. The average molecular weight is 365 g/mol. The second-order valence-electron chi connectivity index (χ2n) is 7.16. The van der Waals surface area contributed by atoms with Crippen LogP contribution < -0.4 is 10.3 Å². The maximum atomic E-state index is 12.8. The van der Waals surface area contributed by atoms with Gasteiger partial charge in [0.25, 0.3) is 5.91 Å². The van der Waals surface area contributed by atoms with Gasteiger partial charge in [0, 0.05) is 43.9 Å². The maximum Gasteiger partial charge on any atom is 0.255 e. The van der Waals surface area contributed by atoms with Gasteiger partial charge >= 0.3 is 0 Å². The number of nitrogens with zero attached hydrogens (tertiary/aromatic N) is 4. The van der Waals surface area contributed by atoms with Gasteiger partial charge in [-0.1, -0.05) is 0 Å². The number of hydrogen-bond donors (Lipinski definition) is 1. The maximum absolute atomic E-state index is 12.8. The van der Waals surface area contributed by atoms with Crippen LogP contribution in [-0.4, -0.2) is 44.9 Å². The van der Waals surface area contributed by atoms with Crippen molar-refractivity contribution in [2.45, 2.75) is 38.3 Å². The number of fused-ring (bicyclic) bond motifs is 2. The summed E-state index contributed by atoms with van der Waals surface area (Å²) >= 11 is 0. The Bertz CT molecular complexity index is 966. The summed E-state index contributed by atoms with van der Waals surface area (Å²) in [6.45, 7) is 1.27. The van der Waals surface area contributed by atoms with Crippen LogP contribution >= 0.6 is 0 Å². The summed E-state index contributed by atoms with van der Waals surface area (Å²) in [5.41, 5.74) is 2.55. The molecule has 0 radical (unpaired) electrons. The van der Waals surface area contributed by atoms with E-state index < -0.39 is 6.04 Å². The zero-order chi connectivity index (χ0) is 18.5. The first kappa shape index (κ1) is 16.0. The predicted octanol–water partition coefficient (Wildman–Crippen LogP) is 0.860. The number of imidazole rings is 1. The van der Waals surface area contributed by atoms with Gasteiger partial charge in [-0.2, -0.15) is 0 Å². The summed E-state index contributed by atoms with van der Waals surface area (Å²) in [4.78, 5) is 42.3. The molecule has 0 spiro atoms. The van der Waals surface area contributed by atoms with E-state index in [9.17, 15) is 14.4 Å². The topological polar surface area (TPSA) is 87.5 Å². The van der Waals surface area contributed by atoms with Crippen LogP contribution in [0.15, 0.2) is 30.6 Å². The van der Waals surface area contributed by atoms with Gasteiger partial charge in [0.2, 0.25) is 11.8 Å². The minimum absolute atomic E-state index is 0.145. The molecule has 27 heavy (non-hydrogen) atoms. The molecule has 3 aliphatic heterocycles. The van der Waals surface area contributed by atoms with E-state index in [4.69, 9.17) is 0 Å². The summed E-state index contributed by atoms with van der Waals surface area (Å²) in [6.07, 6.45) is 6.37. The van der Waals surface area contributed by atoms with Crippen molar-refractivity contribution >= 4 is 23.4 Å². The Kier molecular flexibility index (Phi) is 3.53. The van der Waals surface area contributed by atoms with Crippen LogP contribution in [0.5, 0.6) is 0 Å². The fraction of sp³-hybridized carbons (Fsp3) is 0.368. The number of hydrogen-bond acceptors (Lipinski definition) is 5. The Morgan fingerprint density at radius 1 is 1.15 bits per heavy atom. The number of imide groups is 1. The zero-order valence-corrected chi connectivity index (χ0v) is 14.7. The number of carbonyl (C=O) groups excluding carboxylic acids is 3. The molecule has 2 aromatic rings. The fourth-order valence-electron chi connectivity index (χ4n) is 4.20. The van der Waals surface area contributed by atoms with Crippen molar-refractivity contribution in [2.75, 3.05) is 11.6 Å². The van der Waals surface area contributed by atoms with Crippen molar-refractivity contribution in [1.29, 1.82) is 0 Å². The number of aromatic nitrogens is 2. The van der Waals surface area contributed by atoms with Crippen molar-refractivity contribution in [3.63, 3.8) is 0 Å². The highest BCUT2D eigenvalue weighted by molar-refractivity contribution is 6.05. The van der Waals surface area contributed by atoms with Crippen molar-refractivity contribution in [3.05, 3.63) is 47.5 Å². The molecule has 1 fully saturated rings. The zero-order valence-electron chi connectivity index (χ0n) is 14.7. The molecular formula is C19H19N5O3. The number of aryl methyl sites for hydroxylation is 1.